The molecular weight excluding hydrogens is 292 g/mol. The van der Waals surface area contributed by atoms with Crippen LogP contribution in [0.2, 0.25) is 0 Å². The smallest absolute Gasteiger partial charge is 0.319 e. The van der Waals surface area contributed by atoms with Gasteiger partial charge in [-0.2, -0.15) is 0 Å². The van der Waals surface area contributed by atoms with Crippen LogP contribution in [-0.2, 0) is 6.54 Å². The predicted octanol–water partition coefficient (Wildman–Crippen LogP) is 2.69. The van der Waals surface area contributed by atoms with Gasteiger partial charge in [-0.05, 0) is 24.5 Å². The minimum atomic E-state index is -0.239. The standard InChI is InChI=1S/C17H24N4O2/c1-3-7-14(4-2)19-16(22)20-15-9-6-5-8-13(15)12-21-11-10-18-17(21)23/h3,5-6,8-9,14H,1,4,7,10-12H2,2H3,(H,18,23)(H2,19,20,22)/t14-/m1/s1. The molecule has 1 heterocycles. The lowest BCUT2D eigenvalue weighted by Gasteiger charge is -2.19. The molecule has 1 aromatic carbocycles. The molecule has 0 bridgehead atoms. The third kappa shape index (κ3) is 4.74. The lowest BCUT2D eigenvalue weighted by Crippen LogP contribution is -2.37. The van der Waals surface area contributed by atoms with Gasteiger partial charge in [0.25, 0.3) is 0 Å². The van der Waals surface area contributed by atoms with Crippen LogP contribution in [0.1, 0.15) is 25.3 Å². The van der Waals surface area contributed by atoms with Crippen LogP contribution in [0.3, 0.4) is 0 Å². The number of para-hydroxylation sites is 1. The molecule has 0 aliphatic carbocycles. The van der Waals surface area contributed by atoms with Crippen molar-refractivity contribution in [2.24, 2.45) is 0 Å². The van der Waals surface area contributed by atoms with E-state index in [0.29, 0.717) is 19.6 Å². The van der Waals surface area contributed by atoms with E-state index < -0.39 is 0 Å². The SMILES string of the molecule is C=CC[C@@H](CC)NC(=O)Nc1ccccc1CN1CCNC1=O. The fraction of sp³-hybridized carbons (Fsp3) is 0.412. The Kier molecular flexibility index (Phi) is 6.02. The van der Waals surface area contributed by atoms with Crippen LogP contribution in [-0.4, -0.2) is 36.1 Å². The summed E-state index contributed by atoms with van der Waals surface area (Å²) < 4.78 is 0. The Balaban J connectivity index is 2.00. The van der Waals surface area contributed by atoms with Gasteiger partial charge in [-0.15, -0.1) is 6.58 Å². The summed E-state index contributed by atoms with van der Waals surface area (Å²) in [7, 11) is 0. The molecule has 6 heteroatoms. The van der Waals surface area contributed by atoms with Crippen molar-refractivity contribution in [3.05, 3.63) is 42.5 Å². The minimum absolute atomic E-state index is 0.0683. The Morgan fingerprint density at radius 3 is 2.91 bits per heavy atom. The highest BCUT2D eigenvalue weighted by Gasteiger charge is 2.20. The average molecular weight is 316 g/mol. The quantitative estimate of drug-likeness (QED) is 0.677. The van der Waals surface area contributed by atoms with Gasteiger partial charge in [-0.3, -0.25) is 0 Å². The van der Waals surface area contributed by atoms with E-state index in [-0.39, 0.29) is 18.1 Å². The Morgan fingerprint density at radius 1 is 1.48 bits per heavy atom. The van der Waals surface area contributed by atoms with Crippen LogP contribution in [0.25, 0.3) is 0 Å². The first-order valence-corrected chi connectivity index (χ1v) is 7.93. The van der Waals surface area contributed by atoms with E-state index in [1.165, 1.54) is 0 Å². The number of hydrogen-bond donors (Lipinski definition) is 3. The van der Waals surface area contributed by atoms with Gasteiger partial charge < -0.3 is 20.9 Å². The molecule has 1 fully saturated rings. The van der Waals surface area contributed by atoms with E-state index in [4.69, 9.17) is 0 Å². The van der Waals surface area contributed by atoms with Gasteiger partial charge in [0.2, 0.25) is 0 Å². The van der Waals surface area contributed by atoms with Gasteiger partial charge in [0.15, 0.2) is 0 Å². The van der Waals surface area contributed by atoms with Crippen LogP contribution in [0.4, 0.5) is 15.3 Å². The number of carbonyl (C=O) groups is 2. The van der Waals surface area contributed by atoms with Gasteiger partial charge >= 0.3 is 12.1 Å². The monoisotopic (exact) mass is 316 g/mol. The Hall–Kier alpha value is -2.50. The summed E-state index contributed by atoms with van der Waals surface area (Å²) in [5.41, 5.74) is 1.63. The molecule has 1 aliphatic rings. The molecule has 1 atom stereocenters. The number of amides is 4. The maximum atomic E-state index is 12.2. The topological polar surface area (TPSA) is 73.5 Å². The number of rotatable bonds is 7. The van der Waals surface area contributed by atoms with Crippen LogP contribution >= 0.6 is 0 Å². The van der Waals surface area contributed by atoms with Crippen molar-refractivity contribution in [1.82, 2.24) is 15.5 Å². The van der Waals surface area contributed by atoms with Crippen LogP contribution in [0, 0.1) is 0 Å². The summed E-state index contributed by atoms with van der Waals surface area (Å²) in [6.07, 6.45) is 3.38. The van der Waals surface area contributed by atoms with E-state index in [2.05, 4.69) is 22.5 Å². The van der Waals surface area contributed by atoms with E-state index in [1.54, 1.807) is 11.0 Å². The van der Waals surface area contributed by atoms with E-state index >= 15 is 0 Å². The van der Waals surface area contributed by atoms with Crippen LogP contribution in [0.15, 0.2) is 36.9 Å². The number of nitrogens with one attached hydrogen (secondary N) is 3. The lowest BCUT2D eigenvalue weighted by atomic mass is 10.1. The van der Waals surface area contributed by atoms with Crippen molar-refractivity contribution < 1.29 is 9.59 Å². The normalized spacial score (nSPS) is 15.0. The Morgan fingerprint density at radius 2 is 2.26 bits per heavy atom. The molecule has 1 saturated heterocycles. The lowest BCUT2D eigenvalue weighted by molar-refractivity contribution is 0.215. The highest BCUT2D eigenvalue weighted by molar-refractivity contribution is 5.90. The molecule has 0 radical (unpaired) electrons. The van der Waals surface area contributed by atoms with Crippen molar-refractivity contribution >= 4 is 17.7 Å². The number of hydrogen-bond acceptors (Lipinski definition) is 2. The largest absolute Gasteiger partial charge is 0.336 e. The Bertz CT molecular complexity index is 573. The molecule has 0 saturated carbocycles. The summed E-state index contributed by atoms with van der Waals surface area (Å²) >= 11 is 0. The zero-order valence-corrected chi connectivity index (χ0v) is 13.5. The number of nitrogens with zero attached hydrogens (tertiary/aromatic N) is 1. The summed E-state index contributed by atoms with van der Waals surface area (Å²) in [6.45, 7) is 7.54. The van der Waals surface area contributed by atoms with Gasteiger partial charge in [0.05, 0.1) is 0 Å². The van der Waals surface area contributed by atoms with E-state index in [1.807, 2.05) is 31.2 Å². The van der Waals surface area contributed by atoms with Gasteiger partial charge in [-0.1, -0.05) is 31.2 Å². The number of urea groups is 2. The third-order valence-corrected chi connectivity index (χ3v) is 3.85. The first kappa shape index (κ1) is 16.9. The molecule has 0 spiro atoms. The summed E-state index contributed by atoms with van der Waals surface area (Å²) in [5, 5.41) is 8.59. The van der Waals surface area contributed by atoms with E-state index in [9.17, 15) is 9.59 Å². The maximum Gasteiger partial charge on any atom is 0.319 e. The fourth-order valence-electron chi connectivity index (χ4n) is 2.52. The maximum absolute atomic E-state index is 12.2. The molecule has 1 aromatic rings. The van der Waals surface area contributed by atoms with Crippen molar-refractivity contribution in [3.8, 4) is 0 Å². The first-order valence-electron chi connectivity index (χ1n) is 7.93. The minimum Gasteiger partial charge on any atom is -0.336 e. The molecule has 2 rings (SSSR count). The highest BCUT2D eigenvalue weighted by atomic mass is 16.2. The van der Waals surface area contributed by atoms with Gasteiger partial charge in [0.1, 0.15) is 0 Å². The number of benzene rings is 1. The first-order chi connectivity index (χ1) is 11.1. The highest BCUT2D eigenvalue weighted by Crippen LogP contribution is 2.18. The van der Waals surface area contributed by atoms with Crippen molar-refractivity contribution in [1.29, 1.82) is 0 Å². The van der Waals surface area contributed by atoms with Crippen LogP contribution < -0.4 is 16.0 Å². The van der Waals surface area contributed by atoms with Crippen LogP contribution in [0.5, 0.6) is 0 Å². The number of carbonyl (C=O) groups excluding carboxylic acids is 2. The average Bonchev–Trinajstić information content (AvgIpc) is 2.94. The zero-order valence-electron chi connectivity index (χ0n) is 13.5. The van der Waals surface area contributed by atoms with Crippen molar-refractivity contribution in [2.45, 2.75) is 32.4 Å². The Labute approximate surface area is 136 Å². The molecule has 6 nitrogen and oxygen atoms in total. The third-order valence-electron chi connectivity index (χ3n) is 3.85. The molecule has 4 amide bonds. The van der Waals surface area contributed by atoms with Crippen molar-refractivity contribution in [2.75, 3.05) is 18.4 Å². The molecule has 1 aliphatic heterocycles. The molecular formula is C17H24N4O2. The van der Waals surface area contributed by atoms with Crippen molar-refractivity contribution in [3.63, 3.8) is 0 Å². The number of anilines is 1. The zero-order chi connectivity index (χ0) is 16.7. The fourth-order valence-corrected chi connectivity index (χ4v) is 2.52. The summed E-state index contributed by atoms with van der Waals surface area (Å²) in [5.74, 6) is 0. The molecule has 0 aromatic heterocycles. The second-order valence-corrected chi connectivity index (χ2v) is 5.54. The molecule has 23 heavy (non-hydrogen) atoms. The summed E-state index contributed by atoms with van der Waals surface area (Å²) in [6, 6.07) is 7.30. The van der Waals surface area contributed by atoms with E-state index in [0.717, 1.165) is 24.1 Å². The molecule has 3 N–H and O–H groups in total. The molecule has 124 valence electrons. The summed E-state index contributed by atoms with van der Waals surface area (Å²) in [4.78, 5) is 25.6. The molecule has 0 unspecified atom stereocenters. The van der Waals surface area contributed by atoms with Gasteiger partial charge in [-0.25, -0.2) is 9.59 Å². The van der Waals surface area contributed by atoms with Gasteiger partial charge in [0, 0.05) is 31.4 Å². The second-order valence-electron chi connectivity index (χ2n) is 5.54. The second kappa shape index (κ2) is 8.22. The predicted molar refractivity (Wildman–Crippen MR) is 91.3 cm³/mol.